The Kier molecular flexibility index (Phi) is 6.67. The van der Waals surface area contributed by atoms with Gasteiger partial charge >= 0.3 is 0 Å². The predicted octanol–water partition coefficient (Wildman–Crippen LogP) is 3.13. The van der Waals surface area contributed by atoms with E-state index >= 15 is 0 Å². The van der Waals surface area contributed by atoms with E-state index in [2.05, 4.69) is 5.32 Å². The molecule has 0 aromatic heterocycles. The van der Waals surface area contributed by atoms with Crippen molar-refractivity contribution in [3.63, 3.8) is 0 Å². The number of benzene rings is 2. The lowest BCUT2D eigenvalue weighted by Gasteiger charge is -2.23. The zero-order valence-electron chi connectivity index (χ0n) is 15.1. The molecule has 1 amide bonds. The van der Waals surface area contributed by atoms with Crippen LogP contribution >= 0.6 is 11.6 Å². The second-order valence-electron chi connectivity index (χ2n) is 5.93. The van der Waals surface area contributed by atoms with E-state index in [0.717, 1.165) is 28.3 Å². The molecule has 0 heterocycles. The van der Waals surface area contributed by atoms with Gasteiger partial charge < -0.3 is 10.1 Å². The van der Waals surface area contributed by atoms with Crippen LogP contribution in [0.3, 0.4) is 0 Å². The Bertz CT molecular complexity index is 919. The molecule has 0 radical (unpaired) electrons. The minimum absolute atomic E-state index is 0.108. The highest BCUT2D eigenvalue weighted by Gasteiger charge is 2.22. The molecule has 0 saturated carbocycles. The summed E-state index contributed by atoms with van der Waals surface area (Å²) < 4.78 is 43.5. The molecule has 0 unspecified atom stereocenters. The highest BCUT2D eigenvalue weighted by molar-refractivity contribution is 7.92. The molecular weight excluding hydrogens is 395 g/mol. The maximum atomic E-state index is 13.3. The molecule has 9 heteroatoms. The summed E-state index contributed by atoms with van der Waals surface area (Å²) in [4.78, 5) is 12.4. The van der Waals surface area contributed by atoms with Crippen molar-refractivity contribution in [2.75, 3.05) is 24.2 Å². The zero-order valence-corrected chi connectivity index (χ0v) is 16.6. The summed E-state index contributed by atoms with van der Waals surface area (Å²) in [5, 5.41) is 2.51. The normalized spacial score (nSPS) is 12.3. The first kappa shape index (κ1) is 21.0. The van der Waals surface area contributed by atoms with Crippen molar-refractivity contribution in [2.24, 2.45) is 0 Å². The van der Waals surface area contributed by atoms with Gasteiger partial charge in [0.05, 0.1) is 30.1 Å². The second kappa shape index (κ2) is 8.58. The van der Waals surface area contributed by atoms with Gasteiger partial charge in [-0.05, 0) is 42.8 Å². The largest absolute Gasteiger partial charge is 0.497 e. The number of rotatable bonds is 7. The lowest BCUT2D eigenvalue weighted by Crippen LogP contribution is -2.41. The van der Waals surface area contributed by atoms with E-state index in [9.17, 15) is 17.6 Å². The summed E-state index contributed by atoms with van der Waals surface area (Å²) in [7, 11) is -2.22. The van der Waals surface area contributed by atoms with Gasteiger partial charge in [0, 0.05) is 0 Å². The van der Waals surface area contributed by atoms with Crippen LogP contribution in [-0.4, -0.2) is 34.2 Å². The van der Waals surface area contributed by atoms with Crippen LogP contribution < -0.4 is 14.4 Å². The van der Waals surface area contributed by atoms with Gasteiger partial charge in [-0.2, -0.15) is 0 Å². The molecule has 2 aromatic carbocycles. The van der Waals surface area contributed by atoms with Crippen LogP contribution in [-0.2, 0) is 14.8 Å². The van der Waals surface area contributed by atoms with Crippen LogP contribution in [0.15, 0.2) is 42.5 Å². The molecule has 0 bridgehead atoms. The predicted molar refractivity (Wildman–Crippen MR) is 103 cm³/mol. The highest BCUT2D eigenvalue weighted by Crippen LogP contribution is 2.24. The van der Waals surface area contributed by atoms with E-state index < -0.39 is 28.3 Å². The number of sulfonamides is 1. The number of carbonyl (C=O) groups excluding carboxylic acids is 1. The smallest absolute Gasteiger partial charge is 0.241 e. The topological polar surface area (TPSA) is 75.7 Å². The lowest BCUT2D eigenvalue weighted by atomic mass is 10.1. The molecule has 0 spiro atoms. The van der Waals surface area contributed by atoms with Crippen LogP contribution in [0.25, 0.3) is 0 Å². The molecule has 0 aliphatic rings. The molecule has 0 aliphatic heterocycles. The van der Waals surface area contributed by atoms with Gasteiger partial charge in [0.25, 0.3) is 0 Å². The summed E-state index contributed by atoms with van der Waals surface area (Å²) in [6.07, 6.45) is 0.963. The molecular formula is C18H20ClFN2O4S. The van der Waals surface area contributed by atoms with Crippen LogP contribution in [0, 0.1) is 5.82 Å². The summed E-state index contributed by atoms with van der Waals surface area (Å²) in [5.74, 6) is -0.496. The van der Waals surface area contributed by atoms with Crippen molar-refractivity contribution in [1.29, 1.82) is 0 Å². The van der Waals surface area contributed by atoms with E-state index in [4.69, 9.17) is 16.3 Å². The number of hydrogen-bond donors (Lipinski definition) is 1. The Morgan fingerprint density at radius 1 is 1.26 bits per heavy atom. The minimum Gasteiger partial charge on any atom is -0.497 e. The Morgan fingerprint density at radius 2 is 1.89 bits per heavy atom. The standard InChI is InChI=1S/C18H20ClFN2O4S/c1-12(13-4-7-15(26-2)8-5-13)21-18(23)11-22(27(3,24)25)14-6-9-17(20)16(19)10-14/h4-10,12H,11H2,1-3H3,(H,21,23)/t12-/m0/s1. The van der Waals surface area contributed by atoms with E-state index in [1.165, 1.54) is 6.07 Å². The number of amides is 1. The SMILES string of the molecule is COc1ccc([C@H](C)NC(=O)CN(c2ccc(F)c(Cl)c2)S(C)(=O)=O)cc1. The highest BCUT2D eigenvalue weighted by atomic mass is 35.5. The first-order chi connectivity index (χ1) is 12.6. The Balaban J connectivity index is 2.14. The average molecular weight is 415 g/mol. The lowest BCUT2D eigenvalue weighted by molar-refractivity contribution is -0.120. The minimum atomic E-state index is -3.78. The van der Waals surface area contributed by atoms with Crippen molar-refractivity contribution in [3.8, 4) is 5.75 Å². The number of methoxy groups -OCH3 is 1. The zero-order chi connectivity index (χ0) is 20.2. The third-order valence-corrected chi connectivity index (χ3v) is 5.30. The molecule has 1 atom stereocenters. The van der Waals surface area contributed by atoms with Gasteiger partial charge in [0.2, 0.25) is 15.9 Å². The van der Waals surface area contributed by atoms with Crippen molar-refractivity contribution in [2.45, 2.75) is 13.0 Å². The molecule has 0 saturated heterocycles. The monoisotopic (exact) mass is 414 g/mol. The van der Waals surface area contributed by atoms with E-state index in [1.54, 1.807) is 38.3 Å². The number of halogens is 2. The number of ether oxygens (including phenoxy) is 1. The molecule has 0 aliphatic carbocycles. The first-order valence-electron chi connectivity index (χ1n) is 7.98. The van der Waals surface area contributed by atoms with Crippen molar-refractivity contribution in [3.05, 3.63) is 58.9 Å². The number of anilines is 1. The molecule has 146 valence electrons. The maximum absolute atomic E-state index is 13.3. The van der Waals surface area contributed by atoms with Crippen LogP contribution in [0.5, 0.6) is 5.75 Å². The first-order valence-corrected chi connectivity index (χ1v) is 10.2. The summed E-state index contributed by atoms with van der Waals surface area (Å²) in [5.41, 5.74) is 0.941. The second-order valence-corrected chi connectivity index (χ2v) is 8.24. The number of nitrogens with one attached hydrogen (secondary N) is 1. The van der Waals surface area contributed by atoms with Crippen molar-refractivity contribution in [1.82, 2.24) is 5.32 Å². The fourth-order valence-corrected chi connectivity index (χ4v) is 3.46. The van der Waals surface area contributed by atoms with Crippen LogP contribution in [0.2, 0.25) is 5.02 Å². The van der Waals surface area contributed by atoms with Gasteiger partial charge in [-0.1, -0.05) is 23.7 Å². The number of hydrogen-bond acceptors (Lipinski definition) is 4. The molecule has 2 rings (SSSR count). The maximum Gasteiger partial charge on any atom is 0.241 e. The summed E-state index contributed by atoms with van der Waals surface area (Å²) >= 11 is 5.73. The molecule has 1 N–H and O–H groups in total. The number of nitrogens with zero attached hydrogens (tertiary/aromatic N) is 1. The Hall–Kier alpha value is -2.32. The fourth-order valence-electron chi connectivity index (χ4n) is 2.43. The molecule has 2 aromatic rings. The summed E-state index contributed by atoms with van der Waals surface area (Å²) in [6, 6.07) is 10.3. The van der Waals surface area contributed by atoms with Gasteiger partial charge in [0.1, 0.15) is 18.1 Å². The van der Waals surface area contributed by atoms with Crippen molar-refractivity contribution < 1.29 is 22.3 Å². The van der Waals surface area contributed by atoms with E-state index in [-0.39, 0.29) is 16.8 Å². The average Bonchev–Trinajstić information content (AvgIpc) is 2.61. The van der Waals surface area contributed by atoms with Crippen LogP contribution in [0.1, 0.15) is 18.5 Å². The summed E-state index contributed by atoms with van der Waals surface area (Å²) in [6.45, 7) is 1.32. The third-order valence-electron chi connectivity index (χ3n) is 3.87. The molecule has 27 heavy (non-hydrogen) atoms. The van der Waals surface area contributed by atoms with Gasteiger partial charge in [-0.3, -0.25) is 9.10 Å². The third kappa shape index (κ3) is 5.58. The molecule has 0 fully saturated rings. The van der Waals surface area contributed by atoms with Gasteiger partial charge in [0.15, 0.2) is 0 Å². The van der Waals surface area contributed by atoms with Gasteiger partial charge in [-0.15, -0.1) is 0 Å². The van der Waals surface area contributed by atoms with E-state index in [1.807, 2.05) is 0 Å². The fraction of sp³-hybridized carbons (Fsp3) is 0.278. The van der Waals surface area contributed by atoms with E-state index in [0.29, 0.717) is 5.75 Å². The number of carbonyl (C=O) groups is 1. The van der Waals surface area contributed by atoms with Gasteiger partial charge in [-0.25, -0.2) is 12.8 Å². The van der Waals surface area contributed by atoms with Crippen molar-refractivity contribution >= 4 is 33.2 Å². The Morgan fingerprint density at radius 3 is 2.41 bits per heavy atom. The molecule has 6 nitrogen and oxygen atoms in total. The Labute approximate surface area is 162 Å². The quantitative estimate of drug-likeness (QED) is 0.755. The van der Waals surface area contributed by atoms with Crippen LogP contribution in [0.4, 0.5) is 10.1 Å².